The van der Waals surface area contributed by atoms with E-state index in [0.717, 1.165) is 32.9 Å². The molecule has 3 heterocycles. The van der Waals surface area contributed by atoms with E-state index in [2.05, 4.69) is 22.1 Å². The van der Waals surface area contributed by atoms with E-state index in [1.165, 1.54) is 36.7 Å². The zero-order valence-electron chi connectivity index (χ0n) is 18.0. The van der Waals surface area contributed by atoms with Crippen molar-refractivity contribution in [3.8, 4) is 28.6 Å². The molecule has 7 heteroatoms. The van der Waals surface area contributed by atoms with E-state index in [1.807, 2.05) is 53.1 Å². The Kier molecular flexibility index (Phi) is 6.14. The summed E-state index contributed by atoms with van der Waals surface area (Å²) in [6.07, 6.45) is 2.79. The summed E-state index contributed by atoms with van der Waals surface area (Å²) in [6.45, 7) is 0. The standard InChI is InChI=1S/C28H15F2N3O.Pt/c29-20-10-12-31-27(16-20)33-25-7-2-1-6-23(25)24-9-8-19(15-26(24)33)18-4-3-5-22(14-18)34-28-17-21(30)11-13-32-28;/h1-13,16-17H;/q-2;+2. The molecule has 0 spiro atoms. The Balaban J connectivity index is 0.00000253. The number of fused-ring (bicyclic) bond motifs is 3. The van der Waals surface area contributed by atoms with E-state index < -0.39 is 5.82 Å². The van der Waals surface area contributed by atoms with Gasteiger partial charge in [0.15, 0.2) is 0 Å². The van der Waals surface area contributed by atoms with Crippen LogP contribution in [0.25, 0.3) is 38.8 Å². The maximum atomic E-state index is 14.0. The van der Waals surface area contributed by atoms with Crippen LogP contribution in [0.5, 0.6) is 11.6 Å². The molecule has 3 aromatic carbocycles. The quantitative estimate of drug-likeness (QED) is 0.196. The molecule has 3 aromatic heterocycles. The van der Waals surface area contributed by atoms with Crippen molar-refractivity contribution in [2.45, 2.75) is 0 Å². The molecule has 0 saturated carbocycles. The minimum atomic E-state index is -0.432. The van der Waals surface area contributed by atoms with Gasteiger partial charge in [-0.25, -0.2) is 29.9 Å². The average molecular weight is 643 g/mol. The maximum Gasteiger partial charge on any atom is 2.00 e. The van der Waals surface area contributed by atoms with Crippen LogP contribution in [-0.2, 0) is 21.1 Å². The Morgan fingerprint density at radius 2 is 1.49 bits per heavy atom. The fourth-order valence-corrected chi connectivity index (χ4v) is 4.02. The van der Waals surface area contributed by atoms with Crippen molar-refractivity contribution < 1.29 is 34.6 Å². The van der Waals surface area contributed by atoms with Crippen LogP contribution in [0.2, 0.25) is 0 Å². The topological polar surface area (TPSA) is 39.9 Å². The molecule has 0 aliphatic rings. The molecule has 0 aliphatic heterocycles. The number of nitrogens with zero attached hydrogens (tertiary/aromatic N) is 3. The zero-order valence-corrected chi connectivity index (χ0v) is 20.3. The first-order valence-corrected chi connectivity index (χ1v) is 10.6. The third kappa shape index (κ3) is 4.33. The number of hydrogen-bond donors (Lipinski definition) is 0. The monoisotopic (exact) mass is 642 g/mol. The number of hydrogen-bond acceptors (Lipinski definition) is 3. The van der Waals surface area contributed by atoms with Crippen molar-refractivity contribution in [2.75, 3.05) is 0 Å². The first-order valence-electron chi connectivity index (χ1n) is 10.6. The van der Waals surface area contributed by atoms with E-state index >= 15 is 0 Å². The Hall–Kier alpha value is -3.89. The molecule has 0 radical (unpaired) electrons. The molecule has 0 aliphatic carbocycles. The molecule has 0 N–H and O–H groups in total. The van der Waals surface area contributed by atoms with Crippen LogP contribution in [-0.4, -0.2) is 14.5 Å². The molecule has 6 aromatic rings. The molecule has 6 rings (SSSR count). The van der Waals surface area contributed by atoms with Gasteiger partial charge in [-0.05, 0) is 29.1 Å². The summed E-state index contributed by atoms with van der Waals surface area (Å²) >= 11 is 0. The van der Waals surface area contributed by atoms with Gasteiger partial charge in [0.2, 0.25) is 5.88 Å². The molecule has 0 bridgehead atoms. The van der Waals surface area contributed by atoms with Crippen LogP contribution >= 0.6 is 0 Å². The predicted molar refractivity (Wildman–Crippen MR) is 126 cm³/mol. The summed E-state index contributed by atoms with van der Waals surface area (Å²) in [7, 11) is 0. The molecule has 0 fully saturated rings. The smallest absolute Gasteiger partial charge is 0.460 e. The van der Waals surface area contributed by atoms with Crippen LogP contribution in [0.1, 0.15) is 0 Å². The van der Waals surface area contributed by atoms with Gasteiger partial charge in [-0.3, -0.25) is 0 Å². The molecule has 0 amide bonds. The molecular weight excluding hydrogens is 627 g/mol. The number of benzene rings is 3. The molecular formula is C28H15F2N3OPt. The third-order valence-electron chi connectivity index (χ3n) is 5.49. The van der Waals surface area contributed by atoms with Crippen molar-refractivity contribution in [1.29, 1.82) is 0 Å². The number of pyridine rings is 2. The first kappa shape index (κ1) is 22.9. The van der Waals surface area contributed by atoms with Gasteiger partial charge >= 0.3 is 21.1 Å². The Bertz CT molecular complexity index is 1680. The van der Waals surface area contributed by atoms with Gasteiger partial charge in [-0.15, -0.1) is 18.2 Å². The first-order chi connectivity index (χ1) is 16.7. The Morgan fingerprint density at radius 3 is 2.31 bits per heavy atom. The van der Waals surface area contributed by atoms with Crippen LogP contribution in [0.15, 0.2) is 91.3 Å². The molecule has 0 atom stereocenters. The molecule has 172 valence electrons. The van der Waals surface area contributed by atoms with E-state index in [1.54, 1.807) is 6.07 Å². The zero-order chi connectivity index (χ0) is 23.1. The second-order valence-corrected chi connectivity index (χ2v) is 7.66. The van der Waals surface area contributed by atoms with Gasteiger partial charge in [-0.2, -0.15) is 24.3 Å². The SMILES string of the molecule is Fc1ccnc(Oc2[c-]c(-c3[c-]c4c(cc3)c3ccccc3n4-c3cc(F)ccn3)ccc2)c1.[Pt+2]. The molecule has 4 nitrogen and oxygen atoms in total. The average Bonchev–Trinajstić information content (AvgIpc) is 3.18. The normalized spacial score (nSPS) is 10.9. The summed E-state index contributed by atoms with van der Waals surface area (Å²) in [5.41, 5.74) is 3.18. The van der Waals surface area contributed by atoms with Crippen LogP contribution in [0.4, 0.5) is 8.78 Å². The fourth-order valence-electron chi connectivity index (χ4n) is 4.02. The predicted octanol–water partition coefficient (Wildman–Crippen LogP) is 6.91. The van der Waals surface area contributed by atoms with Crippen molar-refractivity contribution >= 4 is 21.8 Å². The van der Waals surface area contributed by atoms with Gasteiger partial charge in [0.1, 0.15) is 17.5 Å². The molecule has 0 saturated heterocycles. The van der Waals surface area contributed by atoms with Crippen LogP contribution in [0, 0.1) is 23.8 Å². The van der Waals surface area contributed by atoms with Gasteiger partial charge in [-0.1, -0.05) is 23.6 Å². The second-order valence-electron chi connectivity index (χ2n) is 7.66. The largest absolute Gasteiger partial charge is 2.00 e. The molecule has 0 unspecified atom stereocenters. The Morgan fingerprint density at radius 1 is 0.714 bits per heavy atom. The van der Waals surface area contributed by atoms with E-state index in [4.69, 9.17) is 4.74 Å². The van der Waals surface area contributed by atoms with E-state index in [9.17, 15) is 8.78 Å². The molecule has 35 heavy (non-hydrogen) atoms. The minimum Gasteiger partial charge on any atom is -0.460 e. The number of para-hydroxylation sites is 1. The summed E-state index contributed by atoms with van der Waals surface area (Å²) in [5.74, 6) is 0.217. The number of aromatic nitrogens is 3. The van der Waals surface area contributed by atoms with Gasteiger partial charge in [0.25, 0.3) is 0 Å². The van der Waals surface area contributed by atoms with Crippen molar-refractivity contribution in [2.24, 2.45) is 0 Å². The van der Waals surface area contributed by atoms with Crippen molar-refractivity contribution in [3.63, 3.8) is 0 Å². The van der Waals surface area contributed by atoms with Gasteiger partial charge in [0, 0.05) is 35.8 Å². The van der Waals surface area contributed by atoms with Gasteiger partial charge < -0.3 is 9.30 Å². The van der Waals surface area contributed by atoms with E-state index in [0.29, 0.717) is 11.6 Å². The minimum absolute atomic E-state index is 0. The van der Waals surface area contributed by atoms with Crippen LogP contribution in [0.3, 0.4) is 0 Å². The Labute approximate surface area is 214 Å². The van der Waals surface area contributed by atoms with Gasteiger partial charge in [0.05, 0.1) is 0 Å². The number of halogens is 2. The number of rotatable bonds is 4. The second kappa shape index (κ2) is 9.40. The van der Waals surface area contributed by atoms with Crippen molar-refractivity contribution in [1.82, 2.24) is 14.5 Å². The summed E-state index contributed by atoms with van der Waals surface area (Å²) < 4.78 is 35.1. The van der Waals surface area contributed by atoms with Crippen LogP contribution < -0.4 is 4.74 Å². The fraction of sp³-hybridized carbons (Fsp3) is 0. The number of ether oxygens (including phenoxy) is 1. The summed E-state index contributed by atoms with van der Waals surface area (Å²) in [6, 6.07) is 29.1. The maximum absolute atomic E-state index is 14.0. The summed E-state index contributed by atoms with van der Waals surface area (Å²) in [4.78, 5) is 8.41. The summed E-state index contributed by atoms with van der Waals surface area (Å²) in [5, 5.41) is 1.99. The van der Waals surface area contributed by atoms with E-state index in [-0.39, 0.29) is 32.8 Å². The third-order valence-corrected chi connectivity index (χ3v) is 5.49. The van der Waals surface area contributed by atoms with Crippen molar-refractivity contribution in [3.05, 3.63) is 115 Å².